The number of rotatable bonds is 7. The summed E-state index contributed by atoms with van der Waals surface area (Å²) in [5.74, 6) is 0.993. The van der Waals surface area contributed by atoms with Gasteiger partial charge in [-0.1, -0.05) is 73.9 Å². The van der Waals surface area contributed by atoms with Crippen LogP contribution in [0.4, 0.5) is 11.4 Å². The molecule has 2 aliphatic rings. The van der Waals surface area contributed by atoms with Crippen LogP contribution < -0.4 is 15.0 Å². The zero-order valence-corrected chi connectivity index (χ0v) is 22.5. The minimum atomic E-state index is -0.472. The molecule has 1 aliphatic carbocycles. The molecule has 0 saturated heterocycles. The number of anilines is 2. The molecule has 3 aromatic carbocycles. The van der Waals surface area contributed by atoms with Crippen LogP contribution in [-0.2, 0) is 9.59 Å². The first-order valence-electron chi connectivity index (χ1n) is 13.6. The number of benzene rings is 3. The van der Waals surface area contributed by atoms with E-state index in [0.717, 1.165) is 58.8 Å². The molecule has 1 aliphatic heterocycles. The number of fused-ring (bicyclic) bond motifs is 1. The van der Waals surface area contributed by atoms with Crippen molar-refractivity contribution < 1.29 is 14.3 Å². The van der Waals surface area contributed by atoms with Gasteiger partial charge in [-0.2, -0.15) is 0 Å². The minimum absolute atomic E-state index is 0.0529. The number of nitrogens with one attached hydrogen (secondary N) is 1. The monoisotopic (exact) mass is 508 g/mol. The third-order valence-electron chi connectivity index (χ3n) is 7.73. The summed E-state index contributed by atoms with van der Waals surface area (Å²) in [4.78, 5) is 29.9. The van der Waals surface area contributed by atoms with Gasteiger partial charge in [-0.15, -0.1) is 0 Å². The molecule has 1 heterocycles. The number of unbranched alkanes of at least 4 members (excludes halogenated alkanes) is 2. The molecule has 3 aromatic rings. The number of carbonyl (C=O) groups is 2. The van der Waals surface area contributed by atoms with Crippen LogP contribution in [0.15, 0.2) is 84.1 Å². The van der Waals surface area contributed by atoms with Gasteiger partial charge < -0.3 is 10.1 Å². The lowest BCUT2D eigenvalue weighted by atomic mass is 9.78. The first-order valence-corrected chi connectivity index (χ1v) is 13.6. The Kier molecular flexibility index (Phi) is 7.64. The number of ether oxygens (including phenoxy) is 1. The highest BCUT2D eigenvalue weighted by Crippen LogP contribution is 2.47. The largest absolute Gasteiger partial charge is 0.497 e. The van der Waals surface area contributed by atoms with Gasteiger partial charge in [0.05, 0.1) is 24.5 Å². The van der Waals surface area contributed by atoms with Gasteiger partial charge in [0, 0.05) is 24.1 Å². The standard InChI is InChI=1S/C33H36N2O3/c1-4-5-6-11-31(37)35-29-10-8-7-9-27(29)34-28-20-25(23-16-18-26(38-3)19-17-23)21-30(36)32(28)33(35)24-14-12-22(2)13-15-24/h7-10,12-19,25,33-34H,4-6,11,20-21H2,1-3H3/t25-,33+/m0/s1. The summed E-state index contributed by atoms with van der Waals surface area (Å²) < 4.78 is 5.33. The maximum atomic E-state index is 14.1. The van der Waals surface area contributed by atoms with Crippen LogP contribution in [0.25, 0.3) is 0 Å². The van der Waals surface area contributed by atoms with Gasteiger partial charge in [0.15, 0.2) is 5.78 Å². The van der Waals surface area contributed by atoms with Crippen molar-refractivity contribution in [2.45, 2.75) is 64.3 Å². The Morgan fingerprint density at radius 2 is 1.66 bits per heavy atom. The van der Waals surface area contributed by atoms with Crippen molar-refractivity contribution in [3.05, 3.63) is 101 Å². The van der Waals surface area contributed by atoms with E-state index in [-0.39, 0.29) is 17.6 Å². The minimum Gasteiger partial charge on any atom is -0.497 e. The van der Waals surface area contributed by atoms with Crippen LogP contribution in [0.5, 0.6) is 5.75 Å². The molecule has 1 N–H and O–H groups in total. The van der Waals surface area contributed by atoms with E-state index in [1.807, 2.05) is 53.4 Å². The van der Waals surface area contributed by atoms with Gasteiger partial charge >= 0.3 is 0 Å². The maximum Gasteiger partial charge on any atom is 0.227 e. The van der Waals surface area contributed by atoms with Crippen molar-refractivity contribution in [1.29, 1.82) is 0 Å². The van der Waals surface area contributed by atoms with Crippen molar-refractivity contribution in [2.75, 3.05) is 17.3 Å². The maximum absolute atomic E-state index is 14.1. The molecular weight excluding hydrogens is 472 g/mol. The molecule has 5 rings (SSSR count). The Balaban J connectivity index is 1.63. The predicted octanol–water partition coefficient (Wildman–Crippen LogP) is 7.48. The van der Waals surface area contributed by atoms with Crippen LogP contribution >= 0.6 is 0 Å². The van der Waals surface area contributed by atoms with Crippen molar-refractivity contribution >= 4 is 23.1 Å². The van der Waals surface area contributed by atoms with Crippen molar-refractivity contribution in [3.8, 4) is 5.75 Å². The molecule has 0 spiro atoms. The highest BCUT2D eigenvalue weighted by Gasteiger charge is 2.41. The number of allylic oxidation sites excluding steroid dienone is 1. The summed E-state index contributed by atoms with van der Waals surface area (Å²) in [7, 11) is 1.66. The molecule has 0 fully saturated rings. The van der Waals surface area contributed by atoms with Crippen molar-refractivity contribution in [1.82, 2.24) is 0 Å². The molecule has 5 nitrogen and oxygen atoms in total. The van der Waals surface area contributed by atoms with E-state index in [1.54, 1.807) is 7.11 Å². The molecule has 2 atom stereocenters. The number of hydrogen-bond acceptors (Lipinski definition) is 4. The second kappa shape index (κ2) is 11.3. The summed E-state index contributed by atoms with van der Waals surface area (Å²) in [6.07, 6.45) is 4.45. The third kappa shape index (κ3) is 5.10. The smallest absolute Gasteiger partial charge is 0.227 e. The lowest BCUT2D eigenvalue weighted by molar-refractivity contribution is -0.119. The van der Waals surface area contributed by atoms with Gasteiger partial charge in [0.25, 0.3) is 0 Å². The molecule has 0 bridgehead atoms. The third-order valence-corrected chi connectivity index (χ3v) is 7.73. The average molecular weight is 509 g/mol. The van der Waals surface area contributed by atoms with Crippen LogP contribution in [-0.4, -0.2) is 18.8 Å². The molecule has 5 heteroatoms. The second-order valence-electron chi connectivity index (χ2n) is 10.4. The van der Waals surface area contributed by atoms with Crippen LogP contribution in [0.2, 0.25) is 0 Å². The van der Waals surface area contributed by atoms with E-state index in [1.165, 1.54) is 0 Å². The van der Waals surface area contributed by atoms with E-state index >= 15 is 0 Å². The first-order chi connectivity index (χ1) is 18.5. The number of Topliss-reactive ketones (excluding diaryl/α,β-unsaturated/α-hetero) is 1. The molecule has 196 valence electrons. The topological polar surface area (TPSA) is 58.6 Å². The fourth-order valence-corrected chi connectivity index (χ4v) is 5.69. The molecule has 0 radical (unpaired) electrons. The summed E-state index contributed by atoms with van der Waals surface area (Å²) in [6, 6.07) is 23.7. The predicted molar refractivity (Wildman–Crippen MR) is 153 cm³/mol. The van der Waals surface area contributed by atoms with Gasteiger partial charge in [0.2, 0.25) is 5.91 Å². The van der Waals surface area contributed by atoms with Crippen LogP contribution in [0.1, 0.15) is 74.1 Å². The van der Waals surface area contributed by atoms with Gasteiger partial charge in [0.1, 0.15) is 5.75 Å². The van der Waals surface area contributed by atoms with Gasteiger partial charge in [-0.3, -0.25) is 14.5 Å². The number of carbonyl (C=O) groups excluding carboxylic acids is 2. The van der Waals surface area contributed by atoms with E-state index in [9.17, 15) is 9.59 Å². The summed E-state index contributed by atoms with van der Waals surface area (Å²) in [5, 5.41) is 3.62. The van der Waals surface area contributed by atoms with Gasteiger partial charge in [-0.25, -0.2) is 0 Å². The molecule has 0 aromatic heterocycles. The average Bonchev–Trinajstić information content (AvgIpc) is 3.08. The lowest BCUT2D eigenvalue weighted by Crippen LogP contribution is -2.38. The van der Waals surface area contributed by atoms with E-state index in [4.69, 9.17) is 4.74 Å². The quantitative estimate of drug-likeness (QED) is 0.336. The fourth-order valence-electron chi connectivity index (χ4n) is 5.69. The highest BCUT2D eigenvalue weighted by atomic mass is 16.5. The van der Waals surface area contributed by atoms with Crippen molar-refractivity contribution in [2.24, 2.45) is 0 Å². The molecule has 0 saturated carbocycles. The van der Waals surface area contributed by atoms with E-state index in [0.29, 0.717) is 24.8 Å². The lowest BCUT2D eigenvalue weighted by Gasteiger charge is -2.35. The Labute approximate surface area is 225 Å². The summed E-state index contributed by atoms with van der Waals surface area (Å²) in [5.41, 5.74) is 6.52. The highest BCUT2D eigenvalue weighted by molar-refractivity contribution is 6.06. The zero-order chi connectivity index (χ0) is 26.6. The number of para-hydroxylation sites is 2. The summed E-state index contributed by atoms with van der Waals surface area (Å²) in [6.45, 7) is 4.19. The Morgan fingerprint density at radius 1 is 0.947 bits per heavy atom. The Hall–Kier alpha value is -3.86. The number of aryl methyl sites for hydroxylation is 1. The SMILES string of the molecule is CCCCCC(=O)N1c2ccccc2NC2=C(C(=O)C[C@@H](c3ccc(OC)cc3)C2)[C@H]1c1ccc(C)cc1. The normalized spacial score (nSPS) is 18.8. The summed E-state index contributed by atoms with van der Waals surface area (Å²) >= 11 is 0. The number of ketones is 1. The number of hydrogen-bond donors (Lipinski definition) is 1. The van der Waals surface area contributed by atoms with Crippen molar-refractivity contribution in [3.63, 3.8) is 0 Å². The molecule has 1 amide bonds. The molecule has 38 heavy (non-hydrogen) atoms. The van der Waals surface area contributed by atoms with Gasteiger partial charge in [-0.05, 0) is 61.1 Å². The second-order valence-corrected chi connectivity index (χ2v) is 10.4. The Morgan fingerprint density at radius 3 is 2.37 bits per heavy atom. The molecule has 0 unspecified atom stereocenters. The fraction of sp³-hybridized carbons (Fsp3) is 0.333. The van der Waals surface area contributed by atoms with Crippen LogP contribution in [0.3, 0.4) is 0 Å². The van der Waals surface area contributed by atoms with E-state index < -0.39 is 6.04 Å². The Bertz CT molecular complexity index is 1340. The number of nitrogens with zero attached hydrogens (tertiary/aromatic N) is 1. The number of amides is 1. The number of methoxy groups -OCH3 is 1. The van der Waals surface area contributed by atoms with E-state index in [2.05, 4.69) is 43.4 Å². The first kappa shape index (κ1) is 25.8. The van der Waals surface area contributed by atoms with Crippen LogP contribution in [0, 0.1) is 6.92 Å². The zero-order valence-electron chi connectivity index (χ0n) is 22.5. The molecular formula is C33H36N2O3.